The van der Waals surface area contributed by atoms with Gasteiger partial charge in [0.05, 0.1) is 11.4 Å². The summed E-state index contributed by atoms with van der Waals surface area (Å²) in [5.41, 5.74) is 4.86. The Morgan fingerprint density at radius 1 is 0.536 bits per heavy atom. The molecular weight excluding hydrogens is 427 g/mol. The first kappa shape index (κ1) is 17.5. The Morgan fingerprint density at radius 2 is 1.04 bits per heavy atom. The highest BCUT2D eigenvalue weighted by Gasteiger charge is 2.39. The van der Waals surface area contributed by atoms with E-state index in [2.05, 4.69) is 134 Å². The first-order chi connectivity index (χ1) is 13.8. The van der Waals surface area contributed by atoms with Crippen molar-refractivity contribution < 1.29 is 0 Å². The third-order valence-corrected chi connectivity index (χ3v) is 7.67. The Balaban J connectivity index is 1.78. The number of hydrogen-bond donors (Lipinski definition) is 0. The van der Waals surface area contributed by atoms with Crippen molar-refractivity contribution in [3.63, 3.8) is 0 Å². The van der Waals surface area contributed by atoms with E-state index in [1.807, 2.05) is 0 Å². The molecule has 0 aromatic heterocycles. The predicted molar refractivity (Wildman–Crippen MR) is 124 cm³/mol. The molecule has 1 heterocycles. The van der Waals surface area contributed by atoms with Crippen LogP contribution in [-0.4, -0.2) is 0 Å². The number of para-hydroxylation sites is 2. The fraction of sp³-hybridized carbons (Fsp3) is 0. The van der Waals surface area contributed by atoms with Gasteiger partial charge < -0.3 is 0 Å². The predicted octanol–water partition coefficient (Wildman–Crippen LogP) is 7.38. The summed E-state index contributed by atoms with van der Waals surface area (Å²) in [6.07, 6.45) is 0. The Bertz CT molecular complexity index is 1090. The van der Waals surface area contributed by atoms with Crippen LogP contribution in [0.4, 0.5) is 22.7 Å². The van der Waals surface area contributed by atoms with E-state index in [9.17, 15) is 0 Å². The molecular formula is C24H18BrN2P. The van der Waals surface area contributed by atoms with Crippen LogP contribution in [0.25, 0.3) is 0 Å². The second-order valence-electron chi connectivity index (χ2n) is 6.55. The molecule has 2 nitrogen and oxygen atoms in total. The Hall–Kier alpha value is -2.61. The fourth-order valence-corrected chi connectivity index (χ4v) is 6.44. The van der Waals surface area contributed by atoms with E-state index in [4.69, 9.17) is 0 Å². The zero-order valence-electron chi connectivity index (χ0n) is 15.1. The highest BCUT2D eigenvalue weighted by Crippen LogP contribution is 2.64. The van der Waals surface area contributed by atoms with Crippen LogP contribution in [-0.2, 0) is 0 Å². The number of hydrogen-bond acceptors (Lipinski definition) is 2. The van der Waals surface area contributed by atoms with E-state index in [1.165, 1.54) is 28.1 Å². The smallest absolute Gasteiger partial charge is 0.138 e. The molecule has 0 radical (unpaired) electrons. The van der Waals surface area contributed by atoms with Crippen molar-refractivity contribution in [2.45, 2.75) is 0 Å². The van der Waals surface area contributed by atoms with Gasteiger partial charge in [0.2, 0.25) is 0 Å². The van der Waals surface area contributed by atoms with Crippen molar-refractivity contribution in [1.29, 1.82) is 0 Å². The fourth-order valence-electron chi connectivity index (χ4n) is 3.57. The summed E-state index contributed by atoms with van der Waals surface area (Å²) in [4.78, 5) is 0. The normalized spacial score (nSPS) is 15.5. The third kappa shape index (κ3) is 3.01. The molecule has 5 rings (SSSR count). The van der Waals surface area contributed by atoms with Crippen LogP contribution in [0.15, 0.2) is 114 Å². The van der Waals surface area contributed by atoms with Gasteiger partial charge in [0, 0.05) is 21.2 Å². The van der Waals surface area contributed by atoms with Crippen molar-refractivity contribution in [2.24, 2.45) is 0 Å². The molecule has 0 bridgehead atoms. The molecule has 0 amide bonds. The highest BCUT2D eigenvalue weighted by molar-refractivity contribution is 9.10. The average molecular weight is 445 g/mol. The second kappa shape index (κ2) is 7.43. The molecule has 0 saturated carbocycles. The Morgan fingerprint density at radius 3 is 1.61 bits per heavy atom. The molecule has 136 valence electrons. The van der Waals surface area contributed by atoms with Gasteiger partial charge in [-0.2, -0.15) is 0 Å². The number of benzene rings is 4. The van der Waals surface area contributed by atoms with Crippen LogP contribution in [0.1, 0.15) is 0 Å². The van der Waals surface area contributed by atoms with Crippen molar-refractivity contribution in [3.8, 4) is 0 Å². The largest absolute Gasteiger partial charge is 0.297 e. The summed E-state index contributed by atoms with van der Waals surface area (Å²) in [5.74, 6) is 0. The maximum absolute atomic E-state index is 3.68. The lowest BCUT2D eigenvalue weighted by atomic mass is 10.2. The zero-order valence-corrected chi connectivity index (χ0v) is 17.6. The van der Waals surface area contributed by atoms with Crippen LogP contribution < -0.4 is 14.6 Å². The molecule has 28 heavy (non-hydrogen) atoms. The van der Waals surface area contributed by atoms with E-state index >= 15 is 0 Å². The van der Waals surface area contributed by atoms with E-state index in [1.54, 1.807) is 0 Å². The summed E-state index contributed by atoms with van der Waals surface area (Å²) in [5, 5.41) is 1.32. The monoisotopic (exact) mass is 444 g/mol. The molecule has 0 N–H and O–H groups in total. The number of halogens is 1. The molecule has 4 aromatic carbocycles. The van der Waals surface area contributed by atoms with Crippen LogP contribution >= 0.6 is 24.2 Å². The van der Waals surface area contributed by atoms with E-state index in [0.717, 1.165) is 4.47 Å². The van der Waals surface area contributed by atoms with Gasteiger partial charge >= 0.3 is 0 Å². The van der Waals surface area contributed by atoms with Gasteiger partial charge in [-0.25, -0.2) is 0 Å². The lowest BCUT2D eigenvalue weighted by molar-refractivity contribution is 1.43. The Kier molecular flexibility index (Phi) is 4.64. The summed E-state index contributed by atoms with van der Waals surface area (Å²) in [6.45, 7) is 0. The molecule has 4 heteroatoms. The zero-order chi connectivity index (χ0) is 18.9. The van der Waals surface area contributed by atoms with E-state index < -0.39 is 8.22 Å². The van der Waals surface area contributed by atoms with Gasteiger partial charge in [0.25, 0.3) is 0 Å². The minimum atomic E-state index is -0.813. The average Bonchev–Trinajstić information content (AvgIpc) is 3.10. The molecule has 0 aliphatic carbocycles. The van der Waals surface area contributed by atoms with E-state index in [0.29, 0.717) is 0 Å². The van der Waals surface area contributed by atoms with Crippen LogP contribution in [0.5, 0.6) is 0 Å². The first-order valence-corrected chi connectivity index (χ1v) is 11.2. The summed E-state index contributed by atoms with van der Waals surface area (Å²) in [7, 11) is -0.813. The van der Waals surface area contributed by atoms with Crippen LogP contribution in [0.3, 0.4) is 0 Å². The molecule has 4 aromatic rings. The SMILES string of the molecule is Brc1ccc2c(c1)N(c1ccccc1)P(c1ccccc1)N2c1ccccc1. The van der Waals surface area contributed by atoms with E-state index in [-0.39, 0.29) is 0 Å². The van der Waals surface area contributed by atoms with Gasteiger partial charge in [-0.05, 0) is 42.5 Å². The highest BCUT2D eigenvalue weighted by atomic mass is 79.9. The second-order valence-corrected chi connectivity index (χ2v) is 9.36. The lowest BCUT2D eigenvalue weighted by Crippen LogP contribution is -2.21. The van der Waals surface area contributed by atoms with Gasteiger partial charge in [-0.1, -0.05) is 82.7 Å². The summed E-state index contributed by atoms with van der Waals surface area (Å²) in [6, 6.07) is 38.7. The number of fused-ring (bicyclic) bond motifs is 1. The van der Waals surface area contributed by atoms with Gasteiger partial charge in [-0.15, -0.1) is 0 Å². The molecule has 1 atom stereocenters. The Labute approximate surface area is 175 Å². The maximum atomic E-state index is 3.68. The number of rotatable bonds is 3. The molecule has 1 aliphatic rings. The van der Waals surface area contributed by atoms with Gasteiger partial charge in [0.15, 0.2) is 0 Å². The molecule has 0 fully saturated rings. The topological polar surface area (TPSA) is 6.48 Å². The van der Waals surface area contributed by atoms with Crippen molar-refractivity contribution in [3.05, 3.63) is 114 Å². The summed E-state index contributed by atoms with van der Waals surface area (Å²) < 4.78 is 6.06. The van der Waals surface area contributed by atoms with Crippen molar-refractivity contribution in [1.82, 2.24) is 0 Å². The lowest BCUT2D eigenvalue weighted by Gasteiger charge is -2.32. The number of nitrogens with zero attached hydrogens (tertiary/aromatic N) is 2. The molecule has 0 spiro atoms. The minimum absolute atomic E-state index is 0.813. The maximum Gasteiger partial charge on any atom is 0.138 e. The molecule has 1 aliphatic heterocycles. The van der Waals surface area contributed by atoms with Crippen molar-refractivity contribution >= 4 is 52.2 Å². The molecule has 1 unspecified atom stereocenters. The van der Waals surface area contributed by atoms with Gasteiger partial charge in [0.1, 0.15) is 8.22 Å². The number of anilines is 4. The first-order valence-electron chi connectivity index (χ1n) is 9.18. The van der Waals surface area contributed by atoms with Gasteiger partial charge in [-0.3, -0.25) is 9.34 Å². The molecule has 0 saturated heterocycles. The quantitative estimate of drug-likeness (QED) is 0.304. The van der Waals surface area contributed by atoms with Crippen LogP contribution in [0, 0.1) is 0 Å². The standard InChI is InChI=1S/C24H18BrN2P/c25-19-16-17-23-24(18-19)27(21-12-6-2-7-13-21)28(22-14-8-3-9-15-22)26(23)20-10-4-1-5-11-20/h1-18H. The van der Waals surface area contributed by atoms with Crippen molar-refractivity contribution in [2.75, 3.05) is 9.34 Å². The minimum Gasteiger partial charge on any atom is -0.297 e. The third-order valence-electron chi connectivity index (χ3n) is 4.76. The summed E-state index contributed by atoms with van der Waals surface area (Å²) >= 11 is 3.68. The van der Waals surface area contributed by atoms with Crippen LogP contribution in [0.2, 0.25) is 0 Å².